The number of benzene rings is 3. The molecule has 0 aliphatic heterocycles. The Kier molecular flexibility index (Phi) is 6.78. The predicted octanol–water partition coefficient (Wildman–Crippen LogP) is 5.22. The average molecular weight is 449 g/mol. The number of aliphatic hydroxyl groups is 1. The van der Waals surface area contributed by atoms with Crippen molar-refractivity contribution in [1.82, 2.24) is 10.3 Å². The minimum Gasteiger partial charge on any atom is -0.493 e. The van der Waals surface area contributed by atoms with Gasteiger partial charge in [0.1, 0.15) is 5.75 Å². The van der Waals surface area contributed by atoms with Gasteiger partial charge in [-0.05, 0) is 60.4 Å². The molecule has 1 atom stereocenters. The normalized spacial score (nSPS) is 12.0. The Morgan fingerprint density at radius 3 is 2.59 bits per heavy atom. The van der Waals surface area contributed by atoms with E-state index < -0.39 is 6.04 Å². The molecule has 164 valence electrons. The first-order valence-electron chi connectivity index (χ1n) is 10.6. The van der Waals surface area contributed by atoms with Crippen molar-refractivity contribution in [2.24, 2.45) is 0 Å². The first-order chi connectivity index (χ1) is 15.6. The Labute approximate surface area is 192 Å². The molecule has 6 heteroatoms. The lowest BCUT2D eigenvalue weighted by atomic mass is 10.0. The van der Waals surface area contributed by atoms with Crippen LogP contribution in [0.3, 0.4) is 0 Å². The van der Waals surface area contributed by atoms with Gasteiger partial charge in [0.05, 0.1) is 24.8 Å². The minimum atomic E-state index is -0.435. The second-order valence-electron chi connectivity index (χ2n) is 7.57. The number of aromatic amines is 1. The van der Waals surface area contributed by atoms with Crippen LogP contribution in [0.1, 0.15) is 22.8 Å². The van der Waals surface area contributed by atoms with Crippen LogP contribution in [-0.2, 0) is 6.42 Å². The lowest BCUT2D eigenvalue weighted by Gasteiger charge is -2.18. The number of aromatic nitrogens is 1. The number of rotatable bonds is 8. The highest BCUT2D eigenvalue weighted by atomic mass is 35.5. The molecular formula is C26H25ClN2O3. The first-order valence-corrected chi connectivity index (χ1v) is 11.0. The molecular weight excluding hydrogens is 424 g/mol. The first kappa shape index (κ1) is 21.9. The van der Waals surface area contributed by atoms with E-state index in [0.717, 1.165) is 27.6 Å². The summed E-state index contributed by atoms with van der Waals surface area (Å²) in [6.45, 7) is 2.15. The van der Waals surface area contributed by atoms with Gasteiger partial charge in [0, 0.05) is 22.1 Å². The molecule has 1 amide bonds. The quantitative estimate of drug-likeness (QED) is 0.346. The van der Waals surface area contributed by atoms with E-state index in [1.54, 1.807) is 6.07 Å². The molecule has 3 aromatic carbocycles. The predicted molar refractivity (Wildman–Crippen MR) is 128 cm³/mol. The van der Waals surface area contributed by atoms with Crippen molar-refractivity contribution in [3.8, 4) is 16.9 Å². The largest absolute Gasteiger partial charge is 0.493 e. The number of carbonyl (C=O) groups excluding carboxylic acids is 1. The third-order valence-electron chi connectivity index (χ3n) is 5.40. The summed E-state index contributed by atoms with van der Waals surface area (Å²) < 4.78 is 5.70. The second-order valence-corrected chi connectivity index (χ2v) is 8.00. The number of carbonyl (C=O) groups is 1. The fourth-order valence-corrected chi connectivity index (χ4v) is 3.93. The number of ether oxygens (including phenoxy) is 1. The number of hydrogen-bond donors (Lipinski definition) is 3. The van der Waals surface area contributed by atoms with Crippen LogP contribution in [0, 0.1) is 0 Å². The highest BCUT2D eigenvalue weighted by Crippen LogP contribution is 2.28. The fourth-order valence-electron chi connectivity index (χ4n) is 3.80. The maximum Gasteiger partial charge on any atom is 0.255 e. The van der Waals surface area contributed by atoms with E-state index in [2.05, 4.69) is 10.3 Å². The van der Waals surface area contributed by atoms with Crippen molar-refractivity contribution in [3.63, 3.8) is 0 Å². The second kappa shape index (κ2) is 9.90. The zero-order valence-corrected chi connectivity index (χ0v) is 18.5. The highest BCUT2D eigenvalue weighted by Gasteiger charge is 2.19. The summed E-state index contributed by atoms with van der Waals surface area (Å²) in [5.41, 5.74) is 4.33. The molecule has 32 heavy (non-hydrogen) atoms. The Bertz CT molecular complexity index is 1220. The van der Waals surface area contributed by atoms with Crippen LogP contribution in [0.2, 0.25) is 5.02 Å². The van der Waals surface area contributed by atoms with Gasteiger partial charge < -0.3 is 20.1 Å². The fraction of sp³-hybridized carbons (Fsp3) is 0.192. The van der Waals surface area contributed by atoms with Crippen LogP contribution in [0.15, 0.2) is 72.9 Å². The Balaban J connectivity index is 1.58. The number of nitrogens with one attached hydrogen (secondary N) is 2. The Morgan fingerprint density at radius 1 is 1.09 bits per heavy atom. The van der Waals surface area contributed by atoms with Crippen LogP contribution in [0.5, 0.6) is 5.75 Å². The van der Waals surface area contributed by atoms with E-state index in [1.165, 1.54) is 0 Å². The number of para-hydroxylation sites is 1. The summed E-state index contributed by atoms with van der Waals surface area (Å²) >= 11 is 6.01. The van der Waals surface area contributed by atoms with E-state index in [9.17, 15) is 9.90 Å². The Hall–Kier alpha value is -3.28. The number of H-pyrrole nitrogens is 1. The Morgan fingerprint density at radius 2 is 1.84 bits per heavy atom. The lowest BCUT2D eigenvalue weighted by Crippen LogP contribution is -2.39. The summed E-state index contributed by atoms with van der Waals surface area (Å²) in [5, 5.41) is 14.7. The van der Waals surface area contributed by atoms with Crippen LogP contribution in [0.4, 0.5) is 0 Å². The number of amides is 1. The van der Waals surface area contributed by atoms with Gasteiger partial charge in [-0.2, -0.15) is 0 Å². The molecule has 0 fully saturated rings. The summed E-state index contributed by atoms with van der Waals surface area (Å²) in [5.74, 6) is 0.217. The molecule has 1 aromatic heterocycles. The average Bonchev–Trinajstić information content (AvgIpc) is 3.22. The molecule has 0 unspecified atom stereocenters. The maximum absolute atomic E-state index is 13.2. The van der Waals surface area contributed by atoms with Crippen LogP contribution in [-0.4, -0.2) is 35.3 Å². The number of hydrogen-bond acceptors (Lipinski definition) is 3. The monoisotopic (exact) mass is 448 g/mol. The third kappa shape index (κ3) is 4.79. The number of fused-ring (bicyclic) bond motifs is 1. The van der Waals surface area contributed by atoms with Gasteiger partial charge in [0.2, 0.25) is 0 Å². The van der Waals surface area contributed by atoms with Crippen molar-refractivity contribution in [3.05, 3.63) is 89.1 Å². The van der Waals surface area contributed by atoms with Gasteiger partial charge in [0.15, 0.2) is 0 Å². The standard InChI is InChI=1S/C26H25ClN2O3/c1-2-32-25-12-9-18(17-7-10-20(27)11-8-17)14-23(25)26(31)29-21(16-30)13-19-15-28-24-6-4-3-5-22(19)24/h3-12,14-15,21,28,30H,2,13,16H2,1H3,(H,29,31)/t21-/m1/s1. The summed E-state index contributed by atoms with van der Waals surface area (Å²) in [4.78, 5) is 16.4. The highest BCUT2D eigenvalue weighted by molar-refractivity contribution is 6.30. The lowest BCUT2D eigenvalue weighted by molar-refractivity contribution is 0.0913. The summed E-state index contributed by atoms with van der Waals surface area (Å²) in [6.07, 6.45) is 2.43. The van der Waals surface area contributed by atoms with Crippen molar-refractivity contribution < 1.29 is 14.6 Å². The maximum atomic E-state index is 13.2. The van der Waals surface area contributed by atoms with E-state index >= 15 is 0 Å². The molecule has 4 rings (SSSR count). The van der Waals surface area contributed by atoms with Crippen molar-refractivity contribution in [2.75, 3.05) is 13.2 Å². The SMILES string of the molecule is CCOc1ccc(-c2ccc(Cl)cc2)cc1C(=O)N[C@@H](CO)Cc1c[nH]c2ccccc12. The van der Waals surface area contributed by atoms with Gasteiger partial charge in [0.25, 0.3) is 5.91 Å². The zero-order valence-electron chi connectivity index (χ0n) is 17.8. The molecule has 0 aliphatic carbocycles. The van der Waals surface area contributed by atoms with Crippen molar-refractivity contribution >= 4 is 28.4 Å². The van der Waals surface area contributed by atoms with Crippen LogP contribution in [0.25, 0.3) is 22.0 Å². The van der Waals surface area contributed by atoms with E-state index in [1.807, 2.05) is 73.8 Å². The van der Waals surface area contributed by atoms with Crippen molar-refractivity contribution in [2.45, 2.75) is 19.4 Å². The summed E-state index contributed by atoms with van der Waals surface area (Å²) in [7, 11) is 0. The zero-order chi connectivity index (χ0) is 22.5. The van der Waals surface area contributed by atoms with Crippen LogP contribution >= 0.6 is 11.6 Å². The third-order valence-corrected chi connectivity index (χ3v) is 5.65. The topological polar surface area (TPSA) is 74.3 Å². The van der Waals surface area contributed by atoms with E-state index in [0.29, 0.717) is 29.4 Å². The smallest absolute Gasteiger partial charge is 0.255 e. The van der Waals surface area contributed by atoms with E-state index in [4.69, 9.17) is 16.3 Å². The molecule has 0 radical (unpaired) electrons. The molecule has 0 aliphatic rings. The van der Waals surface area contributed by atoms with Gasteiger partial charge in [-0.25, -0.2) is 0 Å². The molecule has 0 spiro atoms. The number of halogens is 1. The van der Waals surface area contributed by atoms with Crippen LogP contribution < -0.4 is 10.1 Å². The molecule has 5 nitrogen and oxygen atoms in total. The molecule has 0 saturated heterocycles. The number of aliphatic hydroxyl groups excluding tert-OH is 1. The molecule has 0 saturated carbocycles. The molecule has 4 aromatic rings. The van der Waals surface area contributed by atoms with Crippen molar-refractivity contribution in [1.29, 1.82) is 0 Å². The van der Waals surface area contributed by atoms with Gasteiger partial charge in [-0.1, -0.05) is 48.0 Å². The summed E-state index contributed by atoms with van der Waals surface area (Å²) in [6, 6.07) is 20.5. The minimum absolute atomic E-state index is 0.175. The van der Waals surface area contributed by atoms with Gasteiger partial charge >= 0.3 is 0 Å². The van der Waals surface area contributed by atoms with Gasteiger partial charge in [-0.3, -0.25) is 4.79 Å². The van der Waals surface area contributed by atoms with Gasteiger partial charge in [-0.15, -0.1) is 0 Å². The molecule has 1 heterocycles. The molecule has 3 N–H and O–H groups in total. The molecule has 0 bridgehead atoms. The van der Waals surface area contributed by atoms with E-state index in [-0.39, 0.29) is 12.5 Å².